The summed E-state index contributed by atoms with van der Waals surface area (Å²) in [6.07, 6.45) is 1.58. The lowest BCUT2D eigenvalue weighted by atomic mass is 10.1. The number of hydrogen-bond acceptors (Lipinski definition) is 3. The van der Waals surface area contributed by atoms with E-state index in [0.717, 1.165) is 42.3 Å². The minimum Gasteiger partial charge on any atom is -0.317 e. The van der Waals surface area contributed by atoms with E-state index in [9.17, 15) is 4.39 Å². The first-order valence-corrected chi connectivity index (χ1v) is 7.38. The largest absolute Gasteiger partial charge is 0.317 e. The minimum atomic E-state index is -0.217. The van der Waals surface area contributed by atoms with Gasteiger partial charge in [0.25, 0.3) is 0 Å². The zero-order chi connectivity index (χ0) is 15.2. The number of hydrogen-bond donors (Lipinski definition) is 1. The Morgan fingerprint density at radius 2 is 1.67 bits per heavy atom. The number of aromatic nitrogens is 2. The molecule has 0 bridgehead atoms. The summed E-state index contributed by atoms with van der Waals surface area (Å²) in [4.78, 5) is 9.20. The molecule has 21 heavy (non-hydrogen) atoms. The number of nitrogens with one attached hydrogen (secondary N) is 1. The number of rotatable bonds is 6. The third-order valence-corrected chi connectivity index (χ3v) is 3.54. The summed E-state index contributed by atoms with van der Waals surface area (Å²) in [5.41, 5.74) is 4.32. The van der Waals surface area contributed by atoms with Gasteiger partial charge in [-0.2, -0.15) is 0 Å². The lowest BCUT2D eigenvalue weighted by Crippen LogP contribution is -2.18. The van der Waals surface area contributed by atoms with Gasteiger partial charge in [-0.15, -0.1) is 0 Å². The SMILES string of the molecule is CCNCCc1c(C)nc(Cc2ccc(F)cc2)nc1C. The lowest BCUT2D eigenvalue weighted by molar-refractivity contribution is 0.627. The Morgan fingerprint density at radius 1 is 1.05 bits per heavy atom. The topological polar surface area (TPSA) is 37.8 Å². The Kier molecular flexibility index (Phi) is 5.39. The van der Waals surface area contributed by atoms with Crippen LogP contribution < -0.4 is 5.32 Å². The van der Waals surface area contributed by atoms with Crippen LogP contribution in [0.25, 0.3) is 0 Å². The maximum absolute atomic E-state index is 12.9. The van der Waals surface area contributed by atoms with Crippen molar-refractivity contribution in [2.24, 2.45) is 0 Å². The highest BCUT2D eigenvalue weighted by molar-refractivity contribution is 5.27. The second kappa shape index (κ2) is 7.27. The van der Waals surface area contributed by atoms with Crippen molar-refractivity contribution in [1.82, 2.24) is 15.3 Å². The number of aryl methyl sites for hydroxylation is 2. The van der Waals surface area contributed by atoms with E-state index in [4.69, 9.17) is 0 Å². The summed E-state index contributed by atoms with van der Waals surface area (Å²) in [5.74, 6) is 0.578. The van der Waals surface area contributed by atoms with Crippen LogP contribution in [0.2, 0.25) is 0 Å². The van der Waals surface area contributed by atoms with Crippen LogP contribution >= 0.6 is 0 Å². The van der Waals surface area contributed by atoms with E-state index in [0.29, 0.717) is 6.42 Å². The smallest absolute Gasteiger partial charge is 0.133 e. The number of likely N-dealkylation sites (N-methyl/N-ethyl adjacent to an activating group) is 1. The predicted molar refractivity (Wildman–Crippen MR) is 83.0 cm³/mol. The van der Waals surface area contributed by atoms with Crippen molar-refractivity contribution >= 4 is 0 Å². The standard InChI is InChI=1S/C17H22FN3/c1-4-19-10-9-16-12(2)20-17(21-13(16)3)11-14-5-7-15(18)8-6-14/h5-8,19H,4,9-11H2,1-3H3. The molecule has 0 saturated heterocycles. The van der Waals surface area contributed by atoms with Gasteiger partial charge in [-0.05, 0) is 56.6 Å². The molecule has 0 fully saturated rings. The zero-order valence-electron chi connectivity index (χ0n) is 12.9. The van der Waals surface area contributed by atoms with Crippen molar-refractivity contribution in [2.75, 3.05) is 13.1 Å². The summed E-state index contributed by atoms with van der Waals surface area (Å²) in [5, 5.41) is 3.32. The van der Waals surface area contributed by atoms with E-state index >= 15 is 0 Å². The Morgan fingerprint density at radius 3 is 2.24 bits per heavy atom. The van der Waals surface area contributed by atoms with Crippen LogP contribution in [0.5, 0.6) is 0 Å². The molecule has 0 aliphatic heterocycles. The van der Waals surface area contributed by atoms with Gasteiger partial charge in [0.15, 0.2) is 0 Å². The van der Waals surface area contributed by atoms with Crippen LogP contribution in [-0.2, 0) is 12.8 Å². The van der Waals surface area contributed by atoms with Gasteiger partial charge in [-0.1, -0.05) is 19.1 Å². The molecule has 1 heterocycles. The quantitative estimate of drug-likeness (QED) is 0.830. The van der Waals surface area contributed by atoms with Gasteiger partial charge in [0.05, 0.1) is 0 Å². The monoisotopic (exact) mass is 287 g/mol. The van der Waals surface area contributed by atoms with Gasteiger partial charge in [0, 0.05) is 17.8 Å². The lowest BCUT2D eigenvalue weighted by Gasteiger charge is -2.11. The Hall–Kier alpha value is -1.81. The molecule has 0 aliphatic carbocycles. The summed E-state index contributed by atoms with van der Waals surface area (Å²) in [6, 6.07) is 6.50. The molecule has 0 saturated carbocycles. The summed E-state index contributed by atoms with van der Waals surface area (Å²) >= 11 is 0. The predicted octanol–water partition coefficient (Wildman–Crippen LogP) is 2.98. The van der Waals surface area contributed by atoms with Crippen LogP contribution in [-0.4, -0.2) is 23.1 Å². The van der Waals surface area contributed by atoms with Crippen molar-refractivity contribution in [2.45, 2.75) is 33.6 Å². The second-order valence-corrected chi connectivity index (χ2v) is 5.20. The van der Waals surface area contributed by atoms with Crippen LogP contribution in [0.15, 0.2) is 24.3 Å². The van der Waals surface area contributed by atoms with Crippen molar-refractivity contribution in [3.63, 3.8) is 0 Å². The Bertz CT molecular complexity index is 570. The van der Waals surface area contributed by atoms with Gasteiger partial charge >= 0.3 is 0 Å². The van der Waals surface area contributed by atoms with Crippen molar-refractivity contribution in [3.8, 4) is 0 Å². The Balaban J connectivity index is 2.13. The molecule has 3 nitrogen and oxygen atoms in total. The Labute approximate surface area is 125 Å². The fraction of sp³-hybridized carbons (Fsp3) is 0.412. The molecule has 1 N–H and O–H groups in total. The molecule has 4 heteroatoms. The average Bonchev–Trinajstić information content (AvgIpc) is 2.44. The van der Waals surface area contributed by atoms with Gasteiger partial charge in [-0.3, -0.25) is 0 Å². The van der Waals surface area contributed by atoms with Crippen LogP contribution in [0.4, 0.5) is 4.39 Å². The van der Waals surface area contributed by atoms with E-state index in [1.165, 1.54) is 17.7 Å². The number of benzene rings is 1. The molecule has 1 aromatic carbocycles. The van der Waals surface area contributed by atoms with Gasteiger partial charge in [0.1, 0.15) is 11.6 Å². The molecular formula is C17H22FN3. The maximum Gasteiger partial charge on any atom is 0.133 e. The maximum atomic E-state index is 12.9. The van der Waals surface area contributed by atoms with Crippen molar-refractivity contribution in [3.05, 3.63) is 58.4 Å². The van der Waals surface area contributed by atoms with E-state index in [1.54, 1.807) is 12.1 Å². The molecule has 112 valence electrons. The second-order valence-electron chi connectivity index (χ2n) is 5.20. The normalized spacial score (nSPS) is 10.9. The summed E-state index contributed by atoms with van der Waals surface area (Å²) < 4.78 is 12.9. The van der Waals surface area contributed by atoms with E-state index < -0.39 is 0 Å². The third-order valence-electron chi connectivity index (χ3n) is 3.54. The highest BCUT2D eigenvalue weighted by atomic mass is 19.1. The first-order valence-electron chi connectivity index (χ1n) is 7.38. The van der Waals surface area contributed by atoms with Crippen LogP contribution in [0, 0.1) is 19.7 Å². The fourth-order valence-corrected chi connectivity index (χ4v) is 2.42. The van der Waals surface area contributed by atoms with Crippen molar-refractivity contribution < 1.29 is 4.39 Å². The van der Waals surface area contributed by atoms with E-state index in [1.807, 2.05) is 13.8 Å². The molecular weight excluding hydrogens is 265 g/mol. The summed E-state index contributed by atoms with van der Waals surface area (Å²) in [6.45, 7) is 8.08. The number of nitrogens with zero attached hydrogens (tertiary/aromatic N) is 2. The molecule has 0 unspecified atom stereocenters. The first kappa shape index (κ1) is 15.6. The third kappa shape index (κ3) is 4.33. The molecule has 0 atom stereocenters. The van der Waals surface area contributed by atoms with Crippen molar-refractivity contribution in [1.29, 1.82) is 0 Å². The zero-order valence-corrected chi connectivity index (χ0v) is 12.9. The van der Waals surface area contributed by atoms with E-state index in [2.05, 4.69) is 22.2 Å². The number of halogens is 1. The minimum absolute atomic E-state index is 0.217. The highest BCUT2D eigenvalue weighted by Gasteiger charge is 2.09. The highest BCUT2D eigenvalue weighted by Crippen LogP contribution is 2.13. The summed E-state index contributed by atoms with van der Waals surface area (Å²) in [7, 11) is 0. The van der Waals surface area contributed by atoms with Crippen LogP contribution in [0.3, 0.4) is 0 Å². The molecule has 1 aromatic heterocycles. The van der Waals surface area contributed by atoms with Gasteiger partial charge < -0.3 is 5.32 Å². The van der Waals surface area contributed by atoms with Crippen LogP contribution in [0.1, 0.15) is 35.3 Å². The molecule has 0 aliphatic rings. The molecule has 2 rings (SSSR count). The molecule has 2 aromatic rings. The molecule has 0 amide bonds. The fourth-order valence-electron chi connectivity index (χ4n) is 2.42. The molecule has 0 radical (unpaired) electrons. The average molecular weight is 287 g/mol. The van der Waals surface area contributed by atoms with Gasteiger partial charge in [-0.25, -0.2) is 14.4 Å². The molecule has 0 spiro atoms. The van der Waals surface area contributed by atoms with E-state index in [-0.39, 0.29) is 5.82 Å². The van der Waals surface area contributed by atoms with Gasteiger partial charge in [0.2, 0.25) is 0 Å². The first-order chi connectivity index (χ1) is 10.1.